The zero-order valence-electron chi connectivity index (χ0n) is 21.8. The Labute approximate surface area is 223 Å². The van der Waals surface area contributed by atoms with Gasteiger partial charge in [-0.15, -0.1) is 0 Å². The molecule has 3 aromatic rings. The molecule has 0 saturated carbocycles. The number of hydrogen-bond acceptors (Lipinski definition) is 6. The van der Waals surface area contributed by atoms with Crippen molar-refractivity contribution in [3.05, 3.63) is 89.0 Å². The van der Waals surface area contributed by atoms with E-state index in [0.717, 1.165) is 17.5 Å². The summed E-state index contributed by atoms with van der Waals surface area (Å²) in [5.41, 5.74) is 4.90. The van der Waals surface area contributed by atoms with Gasteiger partial charge in [0.05, 0.1) is 16.5 Å². The molecule has 8 nitrogen and oxygen atoms in total. The van der Waals surface area contributed by atoms with Crippen molar-refractivity contribution in [1.29, 1.82) is 0 Å². The first kappa shape index (κ1) is 25.8. The van der Waals surface area contributed by atoms with Crippen molar-refractivity contribution < 1.29 is 22.7 Å². The largest absolute Gasteiger partial charge is 0.447 e. The number of amides is 2. The lowest BCUT2D eigenvalue weighted by molar-refractivity contribution is 0.0743. The van der Waals surface area contributed by atoms with E-state index in [2.05, 4.69) is 36.9 Å². The first-order valence-electron chi connectivity index (χ1n) is 12.6. The van der Waals surface area contributed by atoms with Gasteiger partial charge in [-0.3, -0.25) is 9.69 Å². The fraction of sp³-hybridized carbons (Fsp3) is 0.310. The lowest BCUT2D eigenvalue weighted by Gasteiger charge is -2.37. The van der Waals surface area contributed by atoms with Crippen LogP contribution in [0.5, 0.6) is 0 Å². The van der Waals surface area contributed by atoms with Crippen molar-refractivity contribution in [2.24, 2.45) is 0 Å². The van der Waals surface area contributed by atoms with Gasteiger partial charge in [-0.2, -0.15) is 0 Å². The van der Waals surface area contributed by atoms with E-state index in [1.54, 1.807) is 11.0 Å². The average molecular weight is 534 g/mol. The van der Waals surface area contributed by atoms with Crippen LogP contribution >= 0.6 is 0 Å². The number of carbonyl (C=O) groups is 2. The van der Waals surface area contributed by atoms with Gasteiger partial charge < -0.3 is 14.5 Å². The van der Waals surface area contributed by atoms with Gasteiger partial charge in [-0.1, -0.05) is 48.0 Å². The second-order valence-corrected chi connectivity index (χ2v) is 11.9. The van der Waals surface area contributed by atoms with E-state index >= 15 is 0 Å². The van der Waals surface area contributed by atoms with Crippen LogP contribution in [0.2, 0.25) is 0 Å². The molecule has 2 amide bonds. The summed E-state index contributed by atoms with van der Waals surface area (Å²) in [6.45, 7) is 6.56. The molecule has 2 aliphatic heterocycles. The number of aryl methyl sites for hydroxylation is 2. The Kier molecular flexibility index (Phi) is 6.88. The molecular weight excluding hydrogens is 502 g/mol. The number of ether oxygens (including phenoxy) is 1. The predicted octanol–water partition coefficient (Wildman–Crippen LogP) is 4.37. The fourth-order valence-corrected chi connectivity index (χ4v) is 6.14. The van der Waals surface area contributed by atoms with Gasteiger partial charge in [0.1, 0.15) is 6.61 Å². The van der Waals surface area contributed by atoms with E-state index < -0.39 is 22.0 Å². The quantitative estimate of drug-likeness (QED) is 0.484. The molecule has 2 heterocycles. The normalized spacial score (nSPS) is 18.0. The van der Waals surface area contributed by atoms with E-state index in [-0.39, 0.29) is 23.0 Å². The van der Waals surface area contributed by atoms with E-state index in [0.29, 0.717) is 31.9 Å². The Hall–Kier alpha value is -3.85. The van der Waals surface area contributed by atoms with E-state index in [4.69, 9.17) is 4.74 Å². The molecule has 2 saturated heterocycles. The number of sulfone groups is 1. The Balaban J connectivity index is 1.40. The topological polar surface area (TPSA) is 87.2 Å². The average Bonchev–Trinajstić information content (AvgIpc) is 3.29. The highest BCUT2D eigenvalue weighted by molar-refractivity contribution is 7.90. The molecule has 0 aromatic heterocycles. The smallest absolute Gasteiger partial charge is 0.415 e. The molecule has 0 N–H and O–H groups in total. The Morgan fingerprint density at radius 2 is 1.63 bits per heavy atom. The summed E-state index contributed by atoms with van der Waals surface area (Å²) < 4.78 is 31.0. The Morgan fingerprint density at radius 1 is 0.921 bits per heavy atom. The number of rotatable bonds is 5. The molecule has 9 heteroatoms. The van der Waals surface area contributed by atoms with Crippen LogP contribution in [-0.2, 0) is 14.6 Å². The zero-order chi connectivity index (χ0) is 27.0. The van der Waals surface area contributed by atoms with E-state index in [1.165, 1.54) is 28.2 Å². The highest BCUT2D eigenvalue weighted by atomic mass is 32.2. The minimum atomic E-state index is -3.77. The van der Waals surface area contributed by atoms with Gasteiger partial charge in [0.15, 0.2) is 9.84 Å². The maximum absolute atomic E-state index is 13.5. The van der Waals surface area contributed by atoms with Gasteiger partial charge >= 0.3 is 6.09 Å². The van der Waals surface area contributed by atoms with Crippen molar-refractivity contribution in [2.75, 3.05) is 48.8 Å². The van der Waals surface area contributed by atoms with Gasteiger partial charge in [0.25, 0.3) is 5.91 Å². The number of benzene rings is 3. The van der Waals surface area contributed by atoms with Crippen LogP contribution in [0, 0.1) is 13.8 Å². The second kappa shape index (κ2) is 10.1. The number of cyclic esters (lactones) is 1. The van der Waals surface area contributed by atoms with Crippen LogP contribution in [0.25, 0.3) is 0 Å². The molecule has 5 rings (SSSR count). The SMILES string of the molecule is Cc1ccc(N2CCN(C(=O)c3ccc(N4C(=O)OCC4c4ccccc4)cc3S(C)(=O)=O)CC2)c(C)c1. The third-order valence-corrected chi connectivity index (χ3v) is 8.33. The minimum absolute atomic E-state index is 0.0941. The molecule has 1 atom stereocenters. The summed E-state index contributed by atoms with van der Waals surface area (Å²) in [5, 5.41) is 0. The minimum Gasteiger partial charge on any atom is -0.447 e. The summed E-state index contributed by atoms with van der Waals surface area (Å²) in [6.07, 6.45) is 0.526. The first-order valence-corrected chi connectivity index (χ1v) is 14.5. The van der Waals surface area contributed by atoms with Crippen LogP contribution in [0.1, 0.15) is 33.1 Å². The number of nitrogens with zero attached hydrogens (tertiary/aromatic N) is 3. The number of anilines is 2. The van der Waals surface area contributed by atoms with E-state index in [9.17, 15) is 18.0 Å². The lowest BCUT2D eigenvalue weighted by Crippen LogP contribution is -2.49. The lowest BCUT2D eigenvalue weighted by atomic mass is 10.1. The summed E-state index contributed by atoms with van der Waals surface area (Å²) in [6, 6.07) is 19.9. The van der Waals surface area contributed by atoms with E-state index in [1.807, 2.05) is 30.3 Å². The van der Waals surface area contributed by atoms with Crippen LogP contribution in [0.15, 0.2) is 71.6 Å². The Morgan fingerprint density at radius 3 is 2.29 bits per heavy atom. The standard InChI is InChI=1S/C29H31N3O5S/c1-20-9-12-25(21(2)17-20)30-13-15-31(16-14-30)28(33)24-11-10-23(18-27(24)38(3,35)36)32-26(19-37-29(32)34)22-7-5-4-6-8-22/h4-12,17-18,26H,13-16,19H2,1-3H3. The maximum Gasteiger partial charge on any atom is 0.415 e. The van der Waals surface area contributed by atoms with Crippen molar-refractivity contribution in [2.45, 2.75) is 24.8 Å². The zero-order valence-corrected chi connectivity index (χ0v) is 22.6. The monoisotopic (exact) mass is 533 g/mol. The number of hydrogen-bond donors (Lipinski definition) is 0. The van der Waals surface area contributed by atoms with Crippen molar-refractivity contribution in [3.63, 3.8) is 0 Å². The molecule has 198 valence electrons. The summed E-state index contributed by atoms with van der Waals surface area (Å²) in [4.78, 5) is 31.5. The molecule has 2 fully saturated rings. The van der Waals surface area contributed by atoms with Crippen LogP contribution in [-0.4, -0.2) is 64.4 Å². The van der Waals surface area contributed by atoms with Gasteiger partial charge in [0, 0.05) is 43.8 Å². The molecule has 0 bridgehead atoms. The van der Waals surface area contributed by atoms with Crippen LogP contribution in [0.4, 0.5) is 16.2 Å². The van der Waals surface area contributed by atoms with Gasteiger partial charge in [0.2, 0.25) is 0 Å². The summed E-state index contributed by atoms with van der Waals surface area (Å²) in [5.74, 6) is -0.333. The highest BCUT2D eigenvalue weighted by Gasteiger charge is 2.36. The molecule has 38 heavy (non-hydrogen) atoms. The number of carbonyl (C=O) groups excluding carboxylic acids is 2. The van der Waals surface area contributed by atoms with Crippen molar-refractivity contribution in [3.8, 4) is 0 Å². The third-order valence-electron chi connectivity index (χ3n) is 7.19. The molecular formula is C29H31N3O5S. The second-order valence-electron chi connectivity index (χ2n) is 9.90. The maximum atomic E-state index is 13.5. The number of piperazine rings is 1. The van der Waals surface area contributed by atoms with Gasteiger partial charge in [-0.25, -0.2) is 13.2 Å². The predicted molar refractivity (Wildman–Crippen MR) is 147 cm³/mol. The third kappa shape index (κ3) is 4.98. The van der Waals surface area contributed by atoms with Crippen LogP contribution in [0.3, 0.4) is 0 Å². The first-order chi connectivity index (χ1) is 18.1. The molecule has 0 spiro atoms. The highest BCUT2D eigenvalue weighted by Crippen LogP contribution is 2.35. The molecule has 0 radical (unpaired) electrons. The molecule has 2 aliphatic rings. The summed E-state index contributed by atoms with van der Waals surface area (Å²) >= 11 is 0. The summed E-state index contributed by atoms with van der Waals surface area (Å²) in [7, 11) is -3.77. The van der Waals surface area contributed by atoms with Crippen LogP contribution < -0.4 is 9.80 Å². The molecule has 3 aromatic carbocycles. The van der Waals surface area contributed by atoms with Crippen molar-refractivity contribution in [1.82, 2.24) is 4.90 Å². The Bertz CT molecular complexity index is 1480. The molecule has 0 aliphatic carbocycles. The molecule has 1 unspecified atom stereocenters. The van der Waals surface area contributed by atoms with Gasteiger partial charge in [-0.05, 0) is 49.2 Å². The fourth-order valence-electron chi connectivity index (χ4n) is 5.25. The van der Waals surface area contributed by atoms with Crippen molar-refractivity contribution >= 4 is 33.2 Å².